The number of carbonyl (C=O) groups is 1. The predicted octanol–water partition coefficient (Wildman–Crippen LogP) is 5.01. The molecule has 4 nitrogen and oxygen atoms in total. The van der Waals surface area contributed by atoms with Gasteiger partial charge in [0, 0.05) is 10.6 Å². The van der Waals surface area contributed by atoms with E-state index < -0.39 is 0 Å². The SMILES string of the molecule is CCCC1=C(C)N2C(=NC(C)=C(C(=O)OCC)C2c2ccccc2)S1. The van der Waals surface area contributed by atoms with Gasteiger partial charge in [0.25, 0.3) is 0 Å². The molecule has 1 aromatic carbocycles. The minimum atomic E-state index is -0.279. The summed E-state index contributed by atoms with van der Waals surface area (Å²) in [6.45, 7) is 8.40. The second-order valence-corrected chi connectivity index (χ2v) is 7.22. The number of aliphatic imine (C=N–C) groups is 1. The highest BCUT2D eigenvalue weighted by molar-refractivity contribution is 8.17. The lowest BCUT2D eigenvalue weighted by molar-refractivity contribution is -0.139. The maximum absolute atomic E-state index is 12.7. The molecule has 0 amide bonds. The highest BCUT2D eigenvalue weighted by Crippen LogP contribution is 2.47. The Kier molecular flexibility index (Phi) is 5.33. The van der Waals surface area contributed by atoms with E-state index in [0.29, 0.717) is 12.2 Å². The van der Waals surface area contributed by atoms with Crippen LogP contribution in [0.5, 0.6) is 0 Å². The lowest BCUT2D eigenvalue weighted by atomic mass is 9.94. The molecule has 5 heteroatoms. The number of fused-ring (bicyclic) bond motifs is 1. The Hall–Kier alpha value is -2.01. The summed E-state index contributed by atoms with van der Waals surface area (Å²) in [6.07, 6.45) is 2.12. The zero-order valence-corrected chi connectivity index (χ0v) is 16.0. The smallest absolute Gasteiger partial charge is 0.338 e. The summed E-state index contributed by atoms with van der Waals surface area (Å²) in [5.74, 6) is -0.279. The Labute approximate surface area is 153 Å². The van der Waals surface area contributed by atoms with E-state index in [1.807, 2.05) is 32.0 Å². The fourth-order valence-electron chi connectivity index (χ4n) is 3.30. The van der Waals surface area contributed by atoms with Gasteiger partial charge in [-0.05, 0) is 32.8 Å². The van der Waals surface area contributed by atoms with Crippen molar-refractivity contribution >= 4 is 22.9 Å². The molecule has 0 saturated heterocycles. The Morgan fingerprint density at radius 1 is 1.24 bits per heavy atom. The van der Waals surface area contributed by atoms with Gasteiger partial charge in [0.1, 0.15) is 0 Å². The summed E-state index contributed by atoms with van der Waals surface area (Å²) in [7, 11) is 0. The van der Waals surface area contributed by atoms with Crippen LogP contribution in [0.15, 0.2) is 57.2 Å². The van der Waals surface area contributed by atoms with E-state index in [4.69, 9.17) is 9.73 Å². The number of rotatable bonds is 5. The molecule has 0 saturated carbocycles. The van der Waals surface area contributed by atoms with Gasteiger partial charge in [0.15, 0.2) is 5.17 Å². The molecule has 1 unspecified atom stereocenters. The third kappa shape index (κ3) is 3.25. The normalized spacial score (nSPS) is 19.9. The van der Waals surface area contributed by atoms with E-state index in [1.54, 1.807) is 11.8 Å². The number of hydrogen-bond donors (Lipinski definition) is 0. The van der Waals surface area contributed by atoms with Crippen molar-refractivity contribution in [2.75, 3.05) is 6.61 Å². The Morgan fingerprint density at radius 2 is 1.96 bits per heavy atom. The van der Waals surface area contributed by atoms with E-state index in [2.05, 4.69) is 30.9 Å². The summed E-state index contributed by atoms with van der Waals surface area (Å²) in [5, 5.41) is 0.959. The second-order valence-electron chi connectivity index (χ2n) is 6.16. The number of ether oxygens (including phenoxy) is 1. The first-order valence-electron chi connectivity index (χ1n) is 8.76. The van der Waals surface area contributed by atoms with Crippen LogP contribution in [0, 0.1) is 0 Å². The number of benzene rings is 1. The molecule has 0 spiro atoms. The van der Waals surface area contributed by atoms with Crippen LogP contribution in [-0.4, -0.2) is 22.6 Å². The van der Waals surface area contributed by atoms with Crippen LogP contribution in [0.3, 0.4) is 0 Å². The van der Waals surface area contributed by atoms with Crippen LogP contribution < -0.4 is 0 Å². The molecule has 0 bridgehead atoms. The number of amidine groups is 1. The van der Waals surface area contributed by atoms with Crippen molar-refractivity contribution < 1.29 is 9.53 Å². The van der Waals surface area contributed by atoms with Crippen molar-refractivity contribution in [2.45, 2.75) is 46.6 Å². The van der Waals surface area contributed by atoms with Crippen molar-refractivity contribution in [3.8, 4) is 0 Å². The Morgan fingerprint density at radius 3 is 2.60 bits per heavy atom. The third-order valence-electron chi connectivity index (χ3n) is 4.46. The van der Waals surface area contributed by atoms with Crippen molar-refractivity contribution in [1.29, 1.82) is 0 Å². The van der Waals surface area contributed by atoms with Crippen LogP contribution in [0.25, 0.3) is 0 Å². The molecule has 0 radical (unpaired) electrons. The number of esters is 1. The number of thioether (sulfide) groups is 1. The Bertz CT molecular complexity index is 765. The van der Waals surface area contributed by atoms with E-state index in [-0.39, 0.29) is 12.0 Å². The zero-order chi connectivity index (χ0) is 18.0. The molecule has 25 heavy (non-hydrogen) atoms. The van der Waals surface area contributed by atoms with Gasteiger partial charge < -0.3 is 9.64 Å². The van der Waals surface area contributed by atoms with Crippen molar-refractivity contribution in [3.63, 3.8) is 0 Å². The molecule has 1 atom stereocenters. The number of nitrogens with zero attached hydrogens (tertiary/aromatic N) is 2. The summed E-state index contributed by atoms with van der Waals surface area (Å²) in [5.41, 5.74) is 3.65. The molecular formula is C20H24N2O2S. The molecule has 1 aromatic rings. The molecule has 2 aliphatic rings. The van der Waals surface area contributed by atoms with Gasteiger partial charge >= 0.3 is 5.97 Å². The van der Waals surface area contributed by atoms with Gasteiger partial charge in [-0.2, -0.15) is 0 Å². The van der Waals surface area contributed by atoms with Crippen LogP contribution >= 0.6 is 11.8 Å². The van der Waals surface area contributed by atoms with Crippen molar-refractivity contribution in [1.82, 2.24) is 4.90 Å². The first-order valence-corrected chi connectivity index (χ1v) is 9.58. The predicted molar refractivity (Wildman–Crippen MR) is 103 cm³/mol. The van der Waals surface area contributed by atoms with Gasteiger partial charge in [0.2, 0.25) is 0 Å². The topological polar surface area (TPSA) is 41.9 Å². The highest BCUT2D eigenvalue weighted by Gasteiger charge is 2.41. The monoisotopic (exact) mass is 356 g/mol. The summed E-state index contributed by atoms with van der Waals surface area (Å²) >= 11 is 1.73. The van der Waals surface area contributed by atoms with Gasteiger partial charge in [-0.3, -0.25) is 0 Å². The second kappa shape index (κ2) is 7.48. The van der Waals surface area contributed by atoms with Crippen molar-refractivity contribution in [2.24, 2.45) is 4.99 Å². The van der Waals surface area contributed by atoms with Gasteiger partial charge in [-0.1, -0.05) is 55.4 Å². The molecule has 3 rings (SSSR count). The molecule has 0 N–H and O–H groups in total. The van der Waals surface area contributed by atoms with E-state index in [9.17, 15) is 4.79 Å². The molecule has 132 valence electrons. The highest BCUT2D eigenvalue weighted by atomic mass is 32.2. The minimum Gasteiger partial charge on any atom is -0.463 e. The number of hydrogen-bond acceptors (Lipinski definition) is 5. The van der Waals surface area contributed by atoms with E-state index >= 15 is 0 Å². The minimum absolute atomic E-state index is 0.186. The first kappa shape index (κ1) is 17.8. The van der Waals surface area contributed by atoms with Gasteiger partial charge in [-0.15, -0.1) is 0 Å². The summed E-state index contributed by atoms with van der Waals surface area (Å²) < 4.78 is 5.35. The Balaban J connectivity index is 2.12. The fourth-order valence-corrected chi connectivity index (χ4v) is 4.60. The lowest BCUT2D eigenvalue weighted by Crippen LogP contribution is -2.36. The maximum Gasteiger partial charge on any atom is 0.338 e. The van der Waals surface area contributed by atoms with Crippen LogP contribution in [0.2, 0.25) is 0 Å². The van der Waals surface area contributed by atoms with Gasteiger partial charge in [-0.25, -0.2) is 9.79 Å². The third-order valence-corrected chi connectivity index (χ3v) is 5.67. The lowest BCUT2D eigenvalue weighted by Gasteiger charge is -2.35. The maximum atomic E-state index is 12.7. The number of carbonyl (C=O) groups excluding carboxylic acids is 1. The summed E-state index contributed by atoms with van der Waals surface area (Å²) in [6, 6.07) is 9.95. The molecule has 0 aromatic heterocycles. The summed E-state index contributed by atoms with van der Waals surface area (Å²) in [4.78, 5) is 21.0. The molecule has 2 heterocycles. The number of allylic oxidation sites excluding steroid dienone is 3. The van der Waals surface area contributed by atoms with Crippen LogP contribution in [0.4, 0.5) is 0 Å². The quantitative estimate of drug-likeness (QED) is 0.695. The first-order chi connectivity index (χ1) is 12.1. The zero-order valence-electron chi connectivity index (χ0n) is 15.2. The molecule has 2 aliphatic heterocycles. The van der Waals surface area contributed by atoms with E-state index in [0.717, 1.165) is 29.3 Å². The fraction of sp³-hybridized carbons (Fsp3) is 0.400. The van der Waals surface area contributed by atoms with Gasteiger partial charge in [0.05, 0.1) is 23.9 Å². The van der Waals surface area contributed by atoms with E-state index in [1.165, 1.54) is 10.6 Å². The largest absolute Gasteiger partial charge is 0.463 e. The molecule has 0 fully saturated rings. The average molecular weight is 356 g/mol. The molecular weight excluding hydrogens is 332 g/mol. The average Bonchev–Trinajstić information content (AvgIpc) is 2.90. The van der Waals surface area contributed by atoms with Crippen LogP contribution in [-0.2, 0) is 9.53 Å². The van der Waals surface area contributed by atoms with Crippen LogP contribution in [0.1, 0.15) is 52.1 Å². The van der Waals surface area contributed by atoms with Crippen molar-refractivity contribution in [3.05, 3.63) is 57.8 Å². The standard InChI is InChI=1S/C20H24N2O2S/c1-5-10-16-14(4)22-18(15-11-8-7-9-12-15)17(19(23)24-6-2)13(3)21-20(22)25-16/h7-9,11-12,18H,5-6,10H2,1-4H3. The molecule has 0 aliphatic carbocycles.